The fourth-order valence-corrected chi connectivity index (χ4v) is 3.97. The number of nitrogens with one attached hydrogen (secondary N) is 1. The zero-order valence-corrected chi connectivity index (χ0v) is 18.4. The van der Waals surface area contributed by atoms with Gasteiger partial charge in [0.25, 0.3) is 5.91 Å². The molecule has 1 fully saturated rings. The summed E-state index contributed by atoms with van der Waals surface area (Å²) in [6.45, 7) is 2.90. The summed E-state index contributed by atoms with van der Waals surface area (Å²) in [6, 6.07) is 18.4. The number of hydrogen-bond donors (Lipinski definition) is 2. The molecule has 1 aliphatic heterocycles. The molecular weight excluding hydrogens is 421 g/mol. The topological polar surface area (TPSA) is 84.7 Å². The summed E-state index contributed by atoms with van der Waals surface area (Å²) in [4.78, 5) is 27.1. The quantitative estimate of drug-likeness (QED) is 0.559. The van der Waals surface area contributed by atoms with Crippen LogP contribution in [-0.2, 0) is 16.1 Å². The maximum atomic E-state index is 14.6. The molecule has 1 atom stereocenters. The fraction of sp³-hybridized carbons (Fsp3) is 0.231. The van der Waals surface area contributed by atoms with Crippen LogP contribution in [0.3, 0.4) is 0 Å². The normalized spacial score (nSPS) is 14.3. The van der Waals surface area contributed by atoms with Gasteiger partial charge < -0.3 is 20.7 Å². The lowest BCUT2D eigenvalue weighted by atomic mass is 10.1. The van der Waals surface area contributed by atoms with Crippen molar-refractivity contribution in [2.75, 3.05) is 16.8 Å². The molecule has 33 heavy (non-hydrogen) atoms. The van der Waals surface area contributed by atoms with Crippen LogP contribution >= 0.6 is 0 Å². The number of nitrogens with zero attached hydrogens (tertiary/aromatic N) is 1. The third-order valence-corrected chi connectivity index (χ3v) is 5.64. The maximum Gasteiger partial charge on any atom is 0.270 e. The summed E-state index contributed by atoms with van der Waals surface area (Å²) in [5.74, 6) is -0.530. The molecule has 3 aromatic carbocycles. The minimum atomic E-state index is -1.21. The highest BCUT2D eigenvalue weighted by atomic mass is 19.1. The van der Waals surface area contributed by atoms with Gasteiger partial charge in [-0.15, -0.1) is 0 Å². The van der Waals surface area contributed by atoms with Crippen LogP contribution in [0.25, 0.3) is 0 Å². The molecule has 0 saturated carbocycles. The van der Waals surface area contributed by atoms with Crippen molar-refractivity contribution < 1.29 is 18.7 Å². The molecule has 170 valence electrons. The van der Waals surface area contributed by atoms with Gasteiger partial charge in [0.2, 0.25) is 12.0 Å². The Labute approximate surface area is 192 Å². The number of ether oxygens (including phenoxy) is 1. The van der Waals surface area contributed by atoms with Crippen molar-refractivity contribution >= 4 is 23.2 Å². The summed E-state index contributed by atoms with van der Waals surface area (Å²) in [5.41, 5.74) is 8.90. The van der Waals surface area contributed by atoms with Gasteiger partial charge in [-0.25, -0.2) is 4.39 Å². The second kappa shape index (κ2) is 9.83. The number of hydrogen-bond acceptors (Lipinski definition) is 4. The van der Waals surface area contributed by atoms with E-state index in [1.165, 1.54) is 12.1 Å². The molecule has 7 heteroatoms. The number of carbonyl (C=O) groups is 2. The number of aryl methyl sites for hydroxylation is 1. The van der Waals surface area contributed by atoms with E-state index in [9.17, 15) is 14.0 Å². The molecule has 6 nitrogen and oxygen atoms in total. The van der Waals surface area contributed by atoms with E-state index in [-0.39, 0.29) is 11.5 Å². The monoisotopic (exact) mass is 447 g/mol. The van der Waals surface area contributed by atoms with Crippen molar-refractivity contribution in [2.24, 2.45) is 5.73 Å². The summed E-state index contributed by atoms with van der Waals surface area (Å²) in [6.07, 6.45) is 0.175. The molecule has 1 heterocycles. The van der Waals surface area contributed by atoms with Crippen molar-refractivity contribution in [3.05, 3.63) is 89.2 Å². The zero-order chi connectivity index (χ0) is 23.4. The van der Waals surface area contributed by atoms with Gasteiger partial charge in [0.05, 0.1) is 0 Å². The zero-order valence-electron chi connectivity index (χ0n) is 18.4. The third kappa shape index (κ3) is 5.04. The first-order valence-corrected chi connectivity index (χ1v) is 10.9. The van der Waals surface area contributed by atoms with Gasteiger partial charge in [-0.3, -0.25) is 9.59 Å². The van der Waals surface area contributed by atoms with E-state index in [2.05, 4.69) is 5.32 Å². The van der Waals surface area contributed by atoms with E-state index in [4.69, 9.17) is 10.5 Å². The second-order valence-corrected chi connectivity index (χ2v) is 8.01. The van der Waals surface area contributed by atoms with E-state index in [1.807, 2.05) is 19.1 Å². The average molecular weight is 448 g/mol. The Morgan fingerprint density at radius 3 is 2.67 bits per heavy atom. The number of amides is 2. The molecule has 1 saturated heterocycles. The SMILES string of the molecule is Cc1cc(NC(=O)C(Oc2cccc(CN)c2)c2ccccc2F)ccc1N1CCCC1=O. The van der Waals surface area contributed by atoms with Gasteiger partial charge in [-0.1, -0.05) is 30.3 Å². The van der Waals surface area contributed by atoms with Crippen molar-refractivity contribution in [3.8, 4) is 5.75 Å². The van der Waals surface area contributed by atoms with E-state index in [0.717, 1.165) is 23.2 Å². The standard InChI is InChI=1S/C26H26FN3O3/c1-17-14-19(11-12-23(17)30-13-5-10-24(30)31)29-26(32)25(21-8-2-3-9-22(21)27)33-20-7-4-6-18(15-20)16-28/h2-4,6-9,11-12,14-15,25H,5,10,13,16,28H2,1H3,(H,29,32). The van der Waals surface area contributed by atoms with Crippen LogP contribution in [0.2, 0.25) is 0 Å². The number of rotatable bonds is 7. The Morgan fingerprint density at radius 1 is 1.15 bits per heavy atom. The number of carbonyl (C=O) groups excluding carboxylic acids is 2. The van der Waals surface area contributed by atoms with Crippen LogP contribution < -0.4 is 20.7 Å². The molecule has 1 aliphatic rings. The van der Waals surface area contributed by atoms with E-state index >= 15 is 0 Å². The van der Waals surface area contributed by atoms with Gasteiger partial charge >= 0.3 is 0 Å². The second-order valence-electron chi connectivity index (χ2n) is 8.01. The van der Waals surface area contributed by atoms with Crippen LogP contribution in [-0.4, -0.2) is 18.4 Å². The van der Waals surface area contributed by atoms with Gasteiger partial charge in [0.15, 0.2) is 0 Å². The molecule has 3 N–H and O–H groups in total. The summed E-state index contributed by atoms with van der Waals surface area (Å²) in [7, 11) is 0. The number of benzene rings is 3. The van der Waals surface area contributed by atoms with Crippen molar-refractivity contribution in [1.82, 2.24) is 0 Å². The molecule has 0 bridgehead atoms. The van der Waals surface area contributed by atoms with Crippen LogP contribution in [0.15, 0.2) is 66.7 Å². The number of halogens is 1. The first kappa shape index (κ1) is 22.5. The predicted octanol–water partition coefficient (Wildman–Crippen LogP) is 4.48. The minimum absolute atomic E-state index is 0.0996. The Bertz CT molecular complexity index is 1180. The maximum absolute atomic E-state index is 14.6. The van der Waals surface area contributed by atoms with E-state index < -0.39 is 17.8 Å². The third-order valence-electron chi connectivity index (χ3n) is 5.64. The Hall–Kier alpha value is -3.71. The molecule has 0 spiro atoms. The highest BCUT2D eigenvalue weighted by Crippen LogP contribution is 2.30. The Balaban J connectivity index is 1.59. The molecule has 0 aromatic heterocycles. The van der Waals surface area contributed by atoms with Crippen molar-refractivity contribution in [1.29, 1.82) is 0 Å². The largest absolute Gasteiger partial charge is 0.476 e. The average Bonchev–Trinajstić information content (AvgIpc) is 3.24. The Kier molecular flexibility index (Phi) is 6.70. The molecular formula is C26H26FN3O3. The highest BCUT2D eigenvalue weighted by Gasteiger charge is 2.27. The summed E-state index contributed by atoms with van der Waals surface area (Å²) < 4.78 is 20.5. The van der Waals surface area contributed by atoms with E-state index in [0.29, 0.717) is 30.9 Å². The minimum Gasteiger partial charge on any atom is -0.476 e. The lowest BCUT2D eigenvalue weighted by molar-refractivity contribution is -0.123. The van der Waals surface area contributed by atoms with Gasteiger partial charge in [0.1, 0.15) is 11.6 Å². The van der Waals surface area contributed by atoms with Crippen LogP contribution in [0.4, 0.5) is 15.8 Å². The molecule has 0 aliphatic carbocycles. The molecule has 1 unspecified atom stereocenters. The van der Waals surface area contributed by atoms with Crippen molar-refractivity contribution in [2.45, 2.75) is 32.4 Å². The predicted molar refractivity (Wildman–Crippen MR) is 125 cm³/mol. The van der Waals surface area contributed by atoms with Crippen LogP contribution in [0, 0.1) is 12.7 Å². The molecule has 4 rings (SSSR count). The fourth-order valence-electron chi connectivity index (χ4n) is 3.97. The van der Waals surface area contributed by atoms with E-state index in [1.54, 1.807) is 47.4 Å². The van der Waals surface area contributed by atoms with Crippen LogP contribution in [0.1, 0.15) is 35.6 Å². The van der Waals surface area contributed by atoms with Crippen LogP contribution in [0.5, 0.6) is 5.75 Å². The summed E-state index contributed by atoms with van der Waals surface area (Å²) >= 11 is 0. The number of anilines is 2. The first-order chi connectivity index (χ1) is 16.0. The first-order valence-electron chi connectivity index (χ1n) is 10.9. The Morgan fingerprint density at radius 2 is 1.97 bits per heavy atom. The molecule has 2 amide bonds. The molecule has 3 aromatic rings. The van der Waals surface area contributed by atoms with Crippen molar-refractivity contribution in [3.63, 3.8) is 0 Å². The lowest BCUT2D eigenvalue weighted by Crippen LogP contribution is -2.27. The summed E-state index contributed by atoms with van der Waals surface area (Å²) in [5, 5.41) is 2.83. The van der Waals surface area contributed by atoms with Gasteiger partial charge in [-0.05, 0) is 60.9 Å². The highest BCUT2D eigenvalue weighted by molar-refractivity contribution is 5.98. The smallest absolute Gasteiger partial charge is 0.270 e. The lowest BCUT2D eigenvalue weighted by Gasteiger charge is -2.21. The molecule has 0 radical (unpaired) electrons. The van der Waals surface area contributed by atoms with Gasteiger partial charge in [-0.2, -0.15) is 0 Å². The van der Waals surface area contributed by atoms with Gasteiger partial charge in [0, 0.05) is 36.4 Å². The number of nitrogens with two attached hydrogens (primary N) is 1.